The van der Waals surface area contributed by atoms with Crippen LogP contribution in [0.5, 0.6) is 0 Å². The zero-order valence-corrected chi connectivity index (χ0v) is 17.5. The van der Waals surface area contributed by atoms with E-state index in [4.69, 9.17) is 21.3 Å². The van der Waals surface area contributed by atoms with Crippen LogP contribution in [0.15, 0.2) is 28.2 Å². The molecule has 28 heavy (non-hydrogen) atoms. The minimum absolute atomic E-state index is 0.00758. The molecule has 150 valence electrons. The normalized spacial score (nSPS) is 20.8. The summed E-state index contributed by atoms with van der Waals surface area (Å²) in [7, 11) is 0. The Bertz CT molecular complexity index is 936. The van der Waals surface area contributed by atoms with Crippen molar-refractivity contribution in [2.75, 3.05) is 19.7 Å². The Balaban J connectivity index is 1.69. The highest BCUT2D eigenvalue weighted by Gasteiger charge is 2.27. The van der Waals surface area contributed by atoms with E-state index in [0.717, 1.165) is 45.4 Å². The van der Waals surface area contributed by atoms with Crippen LogP contribution < -0.4 is 5.56 Å². The van der Waals surface area contributed by atoms with Gasteiger partial charge in [0, 0.05) is 24.7 Å². The van der Waals surface area contributed by atoms with Gasteiger partial charge in [-0.15, -0.1) is 0 Å². The molecule has 3 heterocycles. The second-order valence-electron chi connectivity index (χ2n) is 7.40. The summed E-state index contributed by atoms with van der Waals surface area (Å²) in [6.45, 7) is 4.69. The number of rotatable bonds is 5. The molecular weight excluding hydrogens is 398 g/mol. The molecule has 1 aromatic heterocycles. The highest BCUT2D eigenvalue weighted by molar-refractivity contribution is 8.00. The number of likely N-dealkylation sites (tertiary alicyclic amines) is 1. The molecule has 2 aliphatic rings. The van der Waals surface area contributed by atoms with Gasteiger partial charge >= 0.3 is 0 Å². The number of halogens is 1. The molecule has 1 aromatic carbocycles. The van der Waals surface area contributed by atoms with Gasteiger partial charge in [-0.2, -0.15) is 0 Å². The van der Waals surface area contributed by atoms with E-state index < -0.39 is 0 Å². The predicted molar refractivity (Wildman–Crippen MR) is 111 cm³/mol. The van der Waals surface area contributed by atoms with E-state index in [1.807, 2.05) is 11.8 Å². The summed E-state index contributed by atoms with van der Waals surface area (Å²) in [5.41, 5.74) is 0.449. The van der Waals surface area contributed by atoms with Crippen LogP contribution in [0, 0.1) is 0 Å². The molecule has 0 aliphatic carbocycles. The number of fused-ring (bicyclic) bond motifs is 1. The second kappa shape index (κ2) is 8.43. The van der Waals surface area contributed by atoms with Crippen molar-refractivity contribution in [2.24, 2.45) is 0 Å². The molecule has 0 spiro atoms. The van der Waals surface area contributed by atoms with Gasteiger partial charge in [0.15, 0.2) is 5.16 Å². The molecule has 2 atom stereocenters. The molecule has 0 radical (unpaired) electrons. The van der Waals surface area contributed by atoms with Gasteiger partial charge < -0.3 is 9.64 Å². The van der Waals surface area contributed by atoms with E-state index >= 15 is 0 Å². The molecule has 1 amide bonds. The monoisotopic (exact) mass is 421 g/mol. The van der Waals surface area contributed by atoms with Crippen LogP contribution >= 0.6 is 23.4 Å². The third kappa shape index (κ3) is 4.07. The molecule has 2 saturated heterocycles. The minimum atomic E-state index is -0.308. The lowest BCUT2D eigenvalue weighted by atomic mass is 10.2. The van der Waals surface area contributed by atoms with Crippen molar-refractivity contribution in [2.45, 2.75) is 55.7 Å². The first kappa shape index (κ1) is 19.7. The fourth-order valence-electron chi connectivity index (χ4n) is 3.82. The highest BCUT2D eigenvalue weighted by atomic mass is 35.5. The third-order valence-electron chi connectivity index (χ3n) is 5.34. The first-order valence-corrected chi connectivity index (χ1v) is 11.1. The average molecular weight is 422 g/mol. The van der Waals surface area contributed by atoms with E-state index in [9.17, 15) is 9.59 Å². The summed E-state index contributed by atoms with van der Waals surface area (Å²) >= 11 is 7.45. The summed E-state index contributed by atoms with van der Waals surface area (Å²) in [5, 5.41) is 1.31. The molecule has 0 unspecified atom stereocenters. The fraction of sp³-hybridized carbons (Fsp3) is 0.550. The van der Waals surface area contributed by atoms with E-state index in [1.54, 1.807) is 22.8 Å². The number of benzene rings is 1. The van der Waals surface area contributed by atoms with Crippen LogP contribution in [0.1, 0.15) is 32.6 Å². The molecule has 8 heteroatoms. The maximum Gasteiger partial charge on any atom is 0.262 e. The zero-order chi connectivity index (χ0) is 19.7. The number of nitrogens with zero attached hydrogens (tertiary/aromatic N) is 3. The van der Waals surface area contributed by atoms with Crippen LogP contribution in [0.25, 0.3) is 10.9 Å². The molecule has 2 aliphatic heterocycles. The summed E-state index contributed by atoms with van der Waals surface area (Å²) in [6.07, 6.45) is 4.05. The van der Waals surface area contributed by atoms with Crippen molar-refractivity contribution >= 4 is 40.2 Å². The first-order valence-electron chi connectivity index (χ1n) is 9.80. The van der Waals surface area contributed by atoms with E-state index in [0.29, 0.717) is 27.6 Å². The Hall–Kier alpha value is -1.57. The zero-order valence-electron chi connectivity index (χ0n) is 15.9. The lowest BCUT2D eigenvalue weighted by molar-refractivity contribution is -0.129. The summed E-state index contributed by atoms with van der Waals surface area (Å²) < 4.78 is 7.41. The van der Waals surface area contributed by atoms with Crippen molar-refractivity contribution in [3.63, 3.8) is 0 Å². The molecule has 0 bridgehead atoms. The predicted octanol–water partition coefficient (Wildman–Crippen LogP) is 3.33. The number of aromatic nitrogens is 2. The SMILES string of the molecule is C[C@H](Sc1nc2cc(Cl)ccc2c(=O)n1C[C@H]1CCCO1)C(=O)N1CCCC1. The Morgan fingerprint density at radius 3 is 2.86 bits per heavy atom. The fourth-order valence-corrected chi connectivity index (χ4v) is 4.99. The Morgan fingerprint density at radius 2 is 2.14 bits per heavy atom. The van der Waals surface area contributed by atoms with Gasteiger partial charge in [0.05, 0.1) is 28.8 Å². The number of thioether (sulfide) groups is 1. The molecule has 4 rings (SSSR count). The van der Waals surface area contributed by atoms with Crippen molar-refractivity contribution in [3.05, 3.63) is 33.6 Å². The van der Waals surface area contributed by atoms with E-state index in [1.165, 1.54) is 11.8 Å². The molecule has 2 aromatic rings. The molecule has 6 nitrogen and oxygen atoms in total. The highest BCUT2D eigenvalue weighted by Crippen LogP contribution is 2.27. The van der Waals surface area contributed by atoms with E-state index in [2.05, 4.69) is 0 Å². The number of ether oxygens (including phenoxy) is 1. The largest absolute Gasteiger partial charge is 0.376 e. The number of hydrogen-bond donors (Lipinski definition) is 0. The van der Waals surface area contributed by atoms with Gasteiger partial charge in [-0.05, 0) is 50.8 Å². The van der Waals surface area contributed by atoms with Gasteiger partial charge in [-0.3, -0.25) is 14.2 Å². The summed E-state index contributed by atoms with van der Waals surface area (Å²) in [4.78, 5) is 32.5. The number of carbonyl (C=O) groups excluding carboxylic acids is 1. The van der Waals surface area contributed by atoms with Gasteiger partial charge in [0.2, 0.25) is 5.91 Å². The Kier molecular flexibility index (Phi) is 5.94. The minimum Gasteiger partial charge on any atom is -0.376 e. The van der Waals surface area contributed by atoms with Crippen LogP contribution in [0.4, 0.5) is 0 Å². The number of carbonyl (C=O) groups is 1. The van der Waals surface area contributed by atoms with Gasteiger partial charge in [0.25, 0.3) is 5.56 Å². The molecule has 0 N–H and O–H groups in total. The van der Waals surface area contributed by atoms with Crippen LogP contribution in [0.3, 0.4) is 0 Å². The summed E-state index contributed by atoms with van der Waals surface area (Å²) in [5.74, 6) is 0.103. The van der Waals surface area contributed by atoms with Crippen molar-refractivity contribution in [1.82, 2.24) is 14.5 Å². The first-order chi connectivity index (χ1) is 13.5. The second-order valence-corrected chi connectivity index (χ2v) is 9.14. The standard InChI is InChI=1S/C20H24ClN3O3S/c1-13(18(25)23-8-2-3-9-23)28-20-22-17-11-14(21)6-7-16(17)19(26)24(20)12-15-5-4-10-27-15/h6-7,11,13,15H,2-5,8-10,12H2,1H3/t13-,15+/m0/s1. The third-order valence-corrected chi connectivity index (χ3v) is 6.65. The summed E-state index contributed by atoms with van der Waals surface area (Å²) in [6, 6.07) is 5.12. The molecule has 2 fully saturated rings. The Labute approximate surface area is 173 Å². The lowest BCUT2D eigenvalue weighted by Crippen LogP contribution is -2.35. The molecule has 0 saturated carbocycles. The average Bonchev–Trinajstić information content (AvgIpc) is 3.38. The quantitative estimate of drug-likeness (QED) is 0.547. The van der Waals surface area contributed by atoms with Crippen molar-refractivity contribution in [1.29, 1.82) is 0 Å². The lowest BCUT2D eigenvalue weighted by Gasteiger charge is -2.22. The van der Waals surface area contributed by atoms with Gasteiger partial charge in [-0.1, -0.05) is 23.4 Å². The van der Waals surface area contributed by atoms with Crippen LogP contribution in [-0.4, -0.2) is 51.4 Å². The maximum absolute atomic E-state index is 13.2. The van der Waals surface area contributed by atoms with Crippen LogP contribution in [0.2, 0.25) is 5.02 Å². The van der Waals surface area contributed by atoms with Gasteiger partial charge in [0.1, 0.15) is 0 Å². The van der Waals surface area contributed by atoms with E-state index in [-0.39, 0.29) is 22.8 Å². The Morgan fingerprint density at radius 1 is 1.36 bits per heavy atom. The number of amides is 1. The topological polar surface area (TPSA) is 64.4 Å². The van der Waals surface area contributed by atoms with Crippen molar-refractivity contribution < 1.29 is 9.53 Å². The number of hydrogen-bond acceptors (Lipinski definition) is 5. The smallest absolute Gasteiger partial charge is 0.262 e. The van der Waals surface area contributed by atoms with Crippen molar-refractivity contribution in [3.8, 4) is 0 Å². The molecular formula is C20H24ClN3O3S. The van der Waals surface area contributed by atoms with Gasteiger partial charge in [-0.25, -0.2) is 4.98 Å². The van der Waals surface area contributed by atoms with Crippen LogP contribution in [-0.2, 0) is 16.1 Å². The maximum atomic E-state index is 13.2.